The van der Waals surface area contributed by atoms with Crippen LogP contribution < -0.4 is 5.32 Å². The van der Waals surface area contributed by atoms with Crippen molar-refractivity contribution in [3.63, 3.8) is 0 Å². The van der Waals surface area contributed by atoms with Crippen LogP contribution in [0.25, 0.3) is 0 Å². The van der Waals surface area contributed by atoms with Gasteiger partial charge in [0.15, 0.2) is 0 Å². The smallest absolute Gasteiger partial charge is 0.0554 e. The Hall–Kier alpha value is -0.670. The van der Waals surface area contributed by atoms with Crippen LogP contribution in [0.5, 0.6) is 0 Å². The number of benzene rings is 1. The van der Waals surface area contributed by atoms with Crippen LogP contribution in [0.4, 0.5) is 0 Å². The molecule has 0 radical (unpaired) electrons. The lowest BCUT2D eigenvalue weighted by molar-refractivity contribution is 0.432. The molecule has 1 aliphatic rings. The zero-order chi connectivity index (χ0) is 15.6. The Morgan fingerprint density at radius 1 is 1.24 bits per heavy atom. The van der Waals surface area contributed by atoms with E-state index in [1.807, 2.05) is 0 Å². The van der Waals surface area contributed by atoms with Gasteiger partial charge in [-0.1, -0.05) is 38.1 Å². The Morgan fingerprint density at radius 2 is 1.86 bits per heavy atom. The highest BCUT2D eigenvalue weighted by Gasteiger charge is 2.39. The lowest BCUT2D eigenvalue weighted by Gasteiger charge is -2.39. The quantitative estimate of drug-likeness (QED) is 0.905. The zero-order valence-electron chi connectivity index (χ0n) is 14.0. The maximum absolute atomic E-state index is 13.0. The number of nitrogens with one attached hydrogen (secondary N) is 1. The zero-order valence-corrected chi connectivity index (χ0v) is 14.8. The lowest BCUT2D eigenvalue weighted by atomic mass is 9.80. The van der Waals surface area contributed by atoms with Gasteiger partial charge in [0, 0.05) is 21.6 Å². The fraction of sp³-hybridized carbons (Fsp3) is 0.667. The van der Waals surface area contributed by atoms with Crippen molar-refractivity contribution in [2.24, 2.45) is 0 Å². The summed E-state index contributed by atoms with van der Waals surface area (Å²) < 4.78 is 12.9. The molecule has 2 nitrogen and oxygen atoms in total. The van der Waals surface area contributed by atoms with Crippen LogP contribution in [-0.2, 0) is 10.8 Å². The Kier molecular flexibility index (Phi) is 5.26. The third-order valence-electron chi connectivity index (χ3n) is 4.31. The highest BCUT2D eigenvalue weighted by Crippen LogP contribution is 2.41. The van der Waals surface area contributed by atoms with Crippen LogP contribution in [-0.4, -0.2) is 20.8 Å². The molecule has 4 unspecified atom stereocenters. The van der Waals surface area contributed by atoms with Crippen molar-refractivity contribution in [1.29, 1.82) is 0 Å². The fourth-order valence-corrected chi connectivity index (χ4v) is 5.12. The largest absolute Gasteiger partial charge is 0.309 e. The first-order chi connectivity index (χ1) is 9.86. The predicted octanol–water partition coefficient (Wildman–Crippen LogP) is 4.15. The van der Waals surface area contributed by atoms with Crippen molar-refractivity contribution in [1.82, 2.24) is 5.32 Å². The van der Waals surface area contributed by atoms with Gasteiger partial charge in [-0.2, -0.15) is 0 Å². The number of hydrogen-bond acceptors (Lipinski definition) is 2. The second-order valence-corrected chi connectivity index (χ2v) is 9.57. The summed E-state index contributed by atoms with van der Waals surface area (Å²) >= 11 is 0. The van der Waals surface area contributed by atoms with E-state index in [2.05, 4.69) is 64.2 Å². The van der Waals surface area contributed by atoms with Crippen molar-refractivity contribution < 1.29 is 4.21 Å². The molecule has 2 rings (SSSR count). The van der Waals surface area contributed by atoms with Gasteiger partial charge in [-0.25, -0.2) is 0 Å². The molecule has 1 aliphatic carbocycles. The summed E-state index contributed by atoms with van der Waals surface area (Å²) in [6, 6.07) is 8.89. The third kappa shape index (κ3) is 3.57. The molecule has 3 heteroatoms. The second kappa shape index (κ2) is 6.62. The summed E-state index contributed by atoms with van der Waals surface area (Å²) in [7, 11) is -0.848. The van der Waals surface area contributed by atoms with Gasteiger partial charge >= 0.3 is 0 Å². The molecule has 4 atom stereocenters. The van der Waals surface area contributed by atoms with Crippen LogP contribution in [0.15, 0.2) is 24.3 Å². The summed E-state index contributed by atoms with van der Waals surface area (Å²) in [5, 5.41) is 3.85. The maximum Gasteiger partial charge on any atom is 0.0554 e. The Bertz CT molecular complexity index is 506. The minimum Gasteiger partial charge on any atom is -0.309 e. The summed E-state index contributed by atoms with van der Waals surface area (Å²) in [6.07, 6.45) is 2.10. The topological polar surface area (TPSA) is 29.1 Å². The van der Waals surface area contributed by atoms with Crippen LogP contribution >= 0.6 is 0 Å². The van der Waals surface area contributed by atoms with E-state index in [-0.39, 0.29) is 16.0 Å². The minimum absolute atomic E-state index is 0.164. The number of hydrogen-bond donors (Lipinski definition) is 1. The molecule has 0 spiro atoms. The summed E-state index contributed by atoms with van der Waals surface area (Å²) in [6.45, 7) is 11.7. The number of fused-ring (bicyclic) bond motifs is 1. The molecule has 1 N–H and O–H groups in total. The van der Waals surface area contributed by atoms with Crippen LogP contribution in [0.2, 0.25) is 0 Å². The van der Waals surface area contributed by atoms with Crippen molar-refractivity contribution in [3.8, 4) is 0 Å². The van der Waals surface area contributed by atoms with E-state index in [9.17, 15) is 4.21 Å². The van der Waals surface area contributed by atoms with Crippen LogP contribution in [0.3, 0.4) is 0 Å². The summed E-state index contributed by atoms with van der Waals surface area (Å²) in [5.41, 5.74) is 2.78. The van der Waals surface area contributed by atoms with Crippen molar-refractivity contribution in [3.05, 3.63) is 35.4 Å². The van der Waals surface area contributed by atoms with E-state index in [1.165, 1.54) is 11.1 Å². The molecule has 0 fully saturated rings. The van der Waals surface area contributed by atoms with E-state index in [0.717, 1.165) is 19.4 Å². The lowest BCUT2D eigenvalue weighted by Crippen LogP contribution is -2.44. The van der Waals surface area contributed by atoms with E-state index in [1.54, 1.807) is 0 Å². The first kappa shape index (κ1) is 16.7. The van der Waals surface area contributed by atoms with Gasteiger partial charge in [-0.3, -0.25) is 4.21 Å². The average Bonchev–Trinajstić information content (AvgIpc) is 2.44. The van der Waals surface area contributed by atoms with Crippen molar-refractivity contribution >= 4 is 10.8 Å². The van der Waals surface area contributed by atoms with Crippen LogP contribution in [0.1, 0.15) is 70.5 Å². The molecule has 1 aromatic rings. The second-order valence-electron chi connectivity index (χ2n) is 7.15. The monoisotopic (exact) mass is 307 g/mol. The Labute approximate surface area is 132 Å². The van der Waals surface area contributed by atoms with E-state index < -0.39 is 10.8 Å². The van der Waals surface area contributed by atoms with Gasteiger partial charge in [0.2, 0.25) is 0 Å². The molecule has 0 heterocycles. The molecule has 0 aliphatic heterocycles. The van der Waals surface area contributed by atoms with Gasteiger partial charge < -0.3 is 5.32 Å². The first-order valence-corrected chi connectivity index (χ1v) is 9.30. The normalized spacial score (nSPS) is 27.2. The molecular weight excluding hydrogens is 278 g/mol. The Morgan fingerprint density at radius 3 is 2.43 bits per heavy atom. The maximum atomic E-state index is 13.0. The minimum atomic E-state index is -0.848. The van der Waals surface area contributed by atoms with Gasteiger partial charge in [0.05, 0.1) is 5.25 Å². The molecule has 0 saturated heterocycles. The Balaban J connectivity index is 2.39. The van der Waals surface area contributed by atoms with Crippen LogP contribution in [0, 0.1) is 0 Å². The van der Waals surface area contributed by atoms with Gasteiger partial charge in [-0.15, -0.1) is 0 Å². The van der Waals surface area contributed by atoms with E-state index >= 15 is 0 Å². The molecule has 0 saturated carbocycles. The summed E-state index contributed by atoms with van der Waals surface area (Å²) in [5.74, 6) is 0.483. The van der Waals surface area contributed by atoms with E-state index in [0.29, 0.717) is 5.92 Å². The van der Waals surface area contributed by atoms with Crippen molar-refractivity contribution in [2.45, 2.75) is 69.4 Å². The highest BCUT2D eigenvalue weighted by molar-refractivity contribution is 7.87. The molecule has 21 heavy (non-hydrogen) atoms. The van der Waals surface area contributed by atoms with Gasteiger partial charge in [0.1, 0.15) is 0 Å². The van der Waals surface area contributed by atoms with Crippen molar-refractivity contribution in [2.75, 3.05) is 6.54 Å². The molecule has 118 valence electrons. The van der Waals surface area contributed by atoms with E-state index in [4.69, 9.17) is 0 Å². The highest BCUT2D eigenvalue weighted by atomic mass is 32.2. The van der Waals surface area contributed by atoms with Gasteiger partial charge in [-0.05, 0) is 57.2 Å². The molecular formula is C18H29NOS. The molecule has 1 aromatic carbocycles. The first-order valence-electron chi connectivity index (χ1n) is 8.09. The number of rotatable bonds is 4. The predicted molar refractivity (Wildman–Crippen MR) is 92.2 cm³/mol. The molecule has 0 amide bonds. The SMILES string of the molecule is CCCNC1c2ccccc2C(C)CC1S(=O)C(C)(C)C. The van der Waals surface area contributed by atoms with Gasteiger partial charge in [0.25, 0.3) is 0 Å². The fourth-order valence-electron chi connectivity index (χ4n) is 3.26. The average molecular weight is 308 g/mol. The molecule has 0 bridgehead atoms. The molecule has 0 aromatic heterocycles. The standard InChI is InChI=1S/C18H29NOS/c1-6-11-19-17-15-10-8-7-9-14(15)13(2)12-16(17)21(20)18(3,4)5/h7-10,13,16-17,19H,6,11-12H2,1-5H3. The third-order valence-corrected chi connectivity index (χ3v) is 6.53. The summed E-state index contributed by atoms with van der Waals surface area (Å²) in [4.78, 5) is 0.